The zero-order chi connectivity index (χ0) is 16.9. The number of hydrogen-bond donors (Lipinski definition) is 1. The molecule has 0 bridgehead atoms. The fourth-order valence-electron chi connectivity index (χ4n) is 2.98. The molecule has 0 atom stereocenters. The molecule has 3 rings (SSSR count). The van der Waals surface area contributed by atoms with Gasteiger partial charge in [0.2, 0.25) is 5.91 Å². The summed E-state index contributed by atoms with van der Waals surface area (Å²) in [6.07, 6.45) is 8.33. The maximum Gasteiger partial charge on any atom is 0.294 e. The molecule has 0 aromatic carbocycles. The lowest BCUT2D eigenvalue weighted by atomic mass is 10.1. The minimum atomic E-state index is -0.380. The molecule has 128 valence electrons. The smallest absolute Gasteiger partial charge is 0.294 e. The first-order valence-corrected chi connectivity index (χ1v) is 9.91. The Balaban J connectivity index is 1.59. The Morgan fingerprint density at radius 3 is 2.67 bits per heavy atom. The zero-order valence-electron chi connectivity index (χ0n) is 13.3. The number of carbonyl (C=O) groups excluding carboxylic acids is 3. The predicted molar refractivity (Wildman–Crippen MR) is 96.6 cm³/mol. The van der Waals surface area contributed by atoms with Gasteiger partial charge in [-0.25, -0.2) is 0 Å². The summed E-state index contributed by atoms with van der Waals surface area (Å²) in [6, 6.07) is 3.94. The van der Waals surface area contributed by atoms with Gasteiger partial charge in [0.15, 0.2) is 0 Å². The lowest BCUT2D eigenvalue weighted by Crippen LogP contribution is -2.43. The van der Waals surface area contributed by atoms with Crippen molar-refractivity contribution in [3.05, 3.63) is 27.3 Å². The molecule has 2 aliphatic rings. The predicted octanol–water partition coefficient (Wildman–Crippen LogP) is 3.62. The molecule has 0 spiro atoms. The van der Waals surface area contributed by atoms with E-state index in [1.165, 1.54) is 24.2 Å². The molecule has 1 aliphatic heterocycles. The number of imide groups is 1. The van der Waals surface area contributed by atoms with E-state index in [4.69, 9.17) is 0 Å². The van der Waals surface area contributed by atoms with Crippen molar-refractivity contribution in [2.45, 2.75) is 44.6 Å². The van der Waals surface area contributed by atoms with Crippen molar-refractivity contribution in [1.29, 1.82) is 0 Å². The molecule has 3 amide bonds. The van der Waals surface area contributed by atoms with Crippen LogP contribution in [0.2, 0.25) is 0 Å². The second kappa shape index (κ2) is 7.98. The third-order valence-corrected chi connectivity index (χ3v) is 5.94. The van der Waals surface area contributed by atoms with E-state index in [-0.39, 0.29) is 29.6 Å². The fourth-order valence-corrected chi connectivity index (χ4v) is 4.54. The second-order valence-electron chi connectivity index (χ2n) is 6.04. The van der Waals surface area contributed by atoms with Crippen LogP contribution in [-0.2, 0) is 9.59 Å². The highest BCUT2D eigenvalue weighted by atomic mass is 32.2. The summed E-state index contributed by atoms with van der Waals surface area (Å²) in [5, 5.41) is 4.51. The Hall–Kier alpha value is -1.60. The Kier molecular flexibility index (Phi) is 5.73. The standard InChI is InChI=1S/C17H20N2O3S2/c20-15(18-12-6-3-1-2-4-7-12)11-19-16(21)14(24-17(19)22)10-13-8-5-9-23-13/h5,8-10,12H,1-4,6-7,11H2,(H,18,20). The van der Waals surface area contributed by atoms with Crippen molar-refractivity contribution < 1.29 is 14.4 Å². The van der Waals surface area contributed by atoms with Crippen molar-refractivity contribution in [2.24, 2.45) is 0 Å². The van der Waals surface area contributed by atoms with Gasteiger partial charge in [-0.3, -0.25) is 19.3 Å². The van der Waals surface area contributed by atoms with Gasteiger partial charge in [0.05, 0.1) is 4.91 Å². The summed E-state index contributed by atoms with van der Waals surface area (Å²) >= 11 is 2.40. The topological polar surface area (TPSA) is 66.5 Å². The van der Waals surface area contributed by atoms with E-state index in [9.17, 15) is 14.4 Å². The third-order valence-electron chi connectivity index (χ3n) is 4.21. The summed E-state index contributed by atoms with van der Waals surface area (Å²) in [5.74, 6) is -0.629. The first-order valence-electron chi connectivity index (χ1n) is 8.22. The second-order valence-corrected chi connectivity index (χ2v) is 8.01. The Labute approximate surface area is 149 Å². The lowest BCUT2D eigenvalue weighted by molar-refractivity contribution is -0.129. The molecular weight excluding hydrogens is 344 g/mol. The minimum Gasteiger partial charge on any atom is -0.352 e. The van der Waals surface area contributed by atoms with Crippen molar-refractivity contribution in [1.82, 2.24) is 10.2 Å². The Bertz CT molecular complexity index is 647. The number of thiophene rings is 1. The summed E-state index contributed by atoms with van der Waals surface area (Å²) in [5.41, 5.74) is 0. The summed E-state index contributed by atoms with van der Waals surface area (Å²) < 4.78 is 0. The van der Waals surface area contributed by atoms with Gasteiger partial charge < -0.3 is 5.32 Å². The maximum absolute atomic E-state index is 12.4. The summed E-state index contributed by atoms with van der Waals surface area (Å²) in [7, 11) is 0. The highest BCUT2D eigenvalue weighted by Crippen LogP contribution is 2.32. The zero-order valence-corrected chi connectivity index (χ0v) is 15.0. The highest BCUT2D eigenvalue weighted by Gasteiger charge is 2.36. The van der Waals surface area contributed by atoms with E-state index in [0.717, 1.165) is 47.2 Å². The molecule has 7 heteroatoms. The van der Waals surface area contributed by atoms with Gasteiger partial charge in [-0.15, -0.1) is 11.3 Å². The van der Waals surface area contributed by atoms with Gasteiger partial charge >= 0.3 is 0 Å². The lowest BCUT2D eigenvalue weighted by Gasteiger charge is -2.18. The van der Waals surface area contributed by atoms with E-state index >= 15 is 0 Å². The molecule has 2 fully saturated rings. The van der Waals surface area contributed by atoms with Crippen molar-refractivity contribution in [3.63, 3.8) is 0 Å². The molecule has 1 aromatic heterocycles. The first kappa shape index (κ1) is 17.2. The number of hydrogen-bond acceptors (Lipinski definition) is 5. The summed E-state index contributed by atoms with van der Waals surface area (Å²) in [4.78, 5) is 39.0. The van der Waals surface area contributed by atoms with Crippen LogP contribution in [0.5, 0.6) is 0 Å². The molecule has 0 radical (unpaired) electrons. The first-order chi connectivity index (χ1) is 11.6. The van der Waals surface area contributed by atoms with Crippen LogP contribution in [0.1, 0.15) is 43.4 Å². The minimum absolute atomic E-state index is 0.168. The maximum atomic E-state index is 12.4. The van der Waals surface area contributed by atoms with Crippen molar-refractivity contribution in [3.8, 4) is 0 Å². The quantitative estimate of drug-likeness (QED) is 0.654. The molecule has 1 aliphatic carbocycles. The molecule has 2 heterocycles. The fraction of sp³-hybridized carbons (Fsp3) is 0.471. The molecular formula is C17H20N2O3S2. The SMILES string of the molecule is O=C(CN1C(=O)SC(=Cc2cccs2)C1=O)NC1CCCCCC1. The average molecular weight is 364 g/mol. The van der Waals surface area contributed by atoms with Crippen LogP contribution >= 0.6 is 23.1 Å². The van der Waals surface area contributed by atoms with Gasteiger partial charge in [-0.2, -0.15) is 0 Å². The van der Waals surface area contributed by atoms with Crippen LogP contribution in [0.25, 0.3) is 6.08 Å². The van der Waals surface area contributed by atoms with E-state index in [1.54, 1.807) is 6.08 Å². The number of nitrogens with zero attached hydrogens (tertiary/aromatic N) is 1. The number of thioether (sulfide) groups is 1. The number of rotatable bonds is 4. The van der Waals surface area contributed by atoms with Gasteiger partial charge in [0.1, 0.15) is 6.54 Å². The normalized spacial score (nSPS) is 21.3. The molecule has 1 saturated heterocycles. The highest BCUT2D eigenvalue weighted by molar-refractivity contribution is 8.18. The van der Waals surface area contributed by atoms with Gasteiger partial charge in [0.25, 0.3) is 11.1 Å². The van der Waals surface area contributed by atoms with Crippen LogP contribution in [0.15, 0.2) is 22.4 Å². The molecule has 5 nitrogen and oxygen atoms in total. The Morgan fingerprint density at radius 1 is 1.25 bits per heavy atom. The van der Waals surface area contributed by atoms with Gasteiger partial charge in [-0.05, 0) is 42.1 Å². The van der Waals surface area contributed by atoms with E-state index < -0.39 is 0 Å². The molecule has 24 heavy (non-hydrogen) atoms. The number of carbonyl (C=O) groups is 3. The monoisotopic (exact) mass is 364 g/mol. The van der Waals surface area contributed by atoms with E-state index in [1.807, 2.05) is 17.5 Å². The van der Waals surface area contributed by atoms with E-state index in [2.05, 4.69) is 5.32 Å². The average Bonchev–Trinajstić information content (AvgIpc) is 3.05. The Morgan fingerprint density at radius 2 is 2.00 bits per heavy atom. The molecule has 1 aromatic rings. The van der Waals surface area contributed by atoms with Crippen molar-refractivity contribution >= 4 is 46.2 Å². The molecule has 1 N–H and O–H groups in total. The number of amides is 3. The van der Waals surface area contributed by atoms with E-state index in [0.29, 0.717) is 4.91 Å². The van der Waals surface area contributed by atoms with Crippen LogP contribution in [-0.4, -0.2) is 34.5 Å². The summed E-state index contributed by atoms with van der Waals surface area (Å²) in [6.45, 7) is -0.192. The van der Waals surface area contributed by atoms with Crippen LogP contribution in [0, 0.1) is 0 Å². The van der Waals surface area contributed by atoms with Crippen LogP contribution in [0.4, 0.5) is 4.79 Å². The van der Waals surface area contributed by atoms with Gasteiger partial charge in [0, 0.05) is 10.9 Å². The van der Waals surface area contributed by atoms with Crippen molar-refractivity contribution in [2.75, 3.05) is 6.54 Å². The number of nitrogens with one attached hydrogen (secondary N) is 1. The van der Waals surface area contributed by atoms with Gasteiger partial charge in [-0.1, -0.05) is 31.7 Å². The van der Waals surface area contributed by atoms with Crippen LogP contribution < -0.4 is 5.32 Å². The third kappa shape index (κ3) is 4.27. The van der Waals surface area contributed by atoms with Crippen LogP contribution in [0.3, 0.4) is 0 Å². The largest absolute Gasteiger partial charge is 0.352 e. The molecule has 0 unspecified atom stereocenters. The molecule has 1 saturated carbocycles.